The Morgan fingerprint density at radius 2 is 0.250 bits per heavy atom. The Labute approximate surface area is 188 Å². The fraction of sp³-hybridized carbons (Fsp3) is 0. The molecule has 28 heteroatoms. The molecule has 0 aliphatic heterocycles. The average molecular weight is 491 g/mol. The van der Waals surface area contributed by atoms with Crippen molar-refractivity contribution in [3.63, 3.8) is 0 Å². The Balaban J connectivity index is -0.0000000290. The van der Waals surface area contributed by atoms with Gasteiger partial charge in [-0.25, -0.2) is 0 Å². The fourth-order valence-electron chi connectivity index (χ4n) is 0. The quantitative estimate of drug-likeness (QED) is 0.334. The summed E-state index contributed by atoms with van der Waals surface area (Å²) in [7, 11) is -30.0. The number of halogens is 20. The molecule has 0 aromatic heterocycles. The van der Waals surface area contributed by atoms with Crippen molar-refractivity contribution >= 4 is 53.6 Å². The summed E-state index contributed by atoms with van der Waals surface area (Å²) in [6.45, 7) is 0. The molecule has 160 valence electrons. The first-order chi connectivity index (χ1) is 10.0. The second-order valence-electron chi connectivity index (χ2n) is 2.47. The molecule has 0 heterocycles. The monoisotopic (exact) mass is 492 g/mol. The normalized spacial score (nSPS) is 10.7. The van der Waals surface area contributed by atoms with Crippen LogP contribution in [0.1, 0.15) is 0 Å². The van der Waals surface area contributed by atoms with Gasteiger partial charge in [0, 0.05) is 0 Å². The number of hydrogen-bond acceptors (Lipinski definition) is 0. The van der Waals surface area contributed by atoms with Crippen LogP contribution >= 0.6 is 0 Å². The molecule has 0 aromatic rings. The average Bonchev–Trinajstić information content (AvgIpc) is 1.79. The summed E-state index contributed by atoms with van der Waals surface area (Å²) in [5, 5.41) is 0. The van der Waals surface area contributed by atoms with Crippen LogP contribution in [0.15, 0.2) is 0 Å². The van der Waals surface area contributed by atoms with E-state index in [1.807, 2.05) is 0 Å². The Morgan fingerprint density at radius 3 is 0.250 bits per heavy atom. The minimum atomic E-state index is -6.00. The Bertz CT molecular complexity index is 184. The predicted molar refractivity (Wildman–Crippen MR) is 56.7 cm³/mol. The summed E-state index contributed by atoms with van der Waals surface area (Å²) in [6, 6.07) is 0. The van der Waals surface area contributed by atoms with Gasteiger partial charge in [-0.3, -0.25) is 0 Å². The number of hydrogen-bond donors (Lipinski definition) is 0. The first kappa shape index (κ1) is 51.6. The Hall–Kier alpha value is 1.05. The third-order valence-corrected chi connectivity index (χ3v) is 0. The van der Waals surface area contributed by atoms with E-state index in [2.05, 4.69) is 0 Å². The van der Waals surface area contributed by atoms with Crippen LogP contribution in [0.4, 0.5) is 86.3 Å². The molecule has 0 atom stereocenters. The summed E-state index contributed by atoms with van der Waals surface area (Å²) >= 11 is 0. The molecule has 0 nitrogen and oxygen atoms in total. The zero-order chi connectivity index (χ0) is 22.5. The second kappa shape index (κ2) is 21.3. The van der Waals surface area contributed by atoms with Crippen LogP contribution in [0.3, 0.4) is 0 Å². The first-order valence-corrected chi connectivity index (χ1v) is 4.36. The van der Waals surface area contributed by atoms with Gasteiger partial charge in [0.2, 0.25) is 0 Å². The van der Waals surface area contributed by atoms with Crippen molar-refractivity contribution in [2.24, 2.45) is 0 Å². The third kappa shape index (κ3) is 16500. The molecule has 0 radical (unpaired) electrons. The molecule has 0 aliphatic carbocycles. The second-order valence-corrected chi connectivity index (χ2v) is 2.47. The fourth-order valence-corrected chi connectivity index (χ4v) is 0. The van der Waals surface area contributed by atoms with E-state index in [9.17, 15) is 86.3 Å². The van der Waals surface area contributed by atoms with Gasteiger partial charge in [0.25, 0.3) is 0 Å². The molecule has 0 saturated heterocycles. The topological polar surface area (TPSA) is 0 Å². The maximum Gasteiger partial charge on any atom is 3.00 e. The SMILES string of the molecule is F[B-](F)(F)F.F[B-](F)(F)F.F[B-](F)(F)F.F[B-](F)(F)F.F[B-](F)(F)F.[Al+3].[Li+].[Na+]. The van der Waals surface area contributed by atoms with E-state index in [0.717, 1.165) is 0 Å². The summed E-state index contributed by atoms with van der Waals surface area (Å²) in [6.07, 6.45) is 0. The van der Waals surface area contributed by atoms with Crippen molar-refractivity contribution in [3.05, 3.63) is 0 Å². The molecule has 0 saturated carbocycles. The van der Waals surface area contributed by atoms with Crippen LogP contribution < -0.4 is 48.4 Å². The summed E-state index contributed by atoms with van der Waals surface area (Å²) < 4.78 is 195. The van der Waals surface area contributed by atoms with Crippen molar-refractivity contribution in [1.82, 2.24) is 0 Å². The van der Waals surface area contributed by atoms with Crippen molar-refractivity contribution in [1.29, 1.82) is 0 Å². The predicted octanol–water partition coefficient (Wildman–Crippen LogP) is 0.127. The summed E-state index contributed by atoms with van der Waals surface area (Å²) in [5.41, 5.74) is 0. The molecular weight excluding hydrogens is 491 g/mol. The zero-order valence-corrected chi connectivity index (χ0v) is 16.2. The van der Waals surface area contributed by atoms with E-state index in [0.29, 0.717) is 0 Å². The van der Waals surface area contributed by atoms with Gasteiger partial charge < -0.3 is 86.3 Å². The molecule has 0 fully saturated rings. The van der Waals surface area contributed by atoms with E-state index < -0.39 is 36.3 Å². The largest absolute Gasteiger partial charge is 3.00 e. The van der Waals surface area contributed by atoms with Crippen molar-refractivity contribution in [2.75, 3.05) is 0 Å². The van der Waals surface area contributed by atoms with Crippen LogP contribution in [-0.4, -0.2) is 53.6 Å². The van der Waals surface area contributed by atoms with Gasteiger partial charge in [-0.1, -0.05) is 0 Å². The third-order valence-electron chi connectivity index (χ3n) is 0. The van der Waals surface area contributed by atoms with Crippen molar-refractivity contribution < 1.29 is 135 Å². The van der Waals surface area contributed by atoms with Crippen LogP contribution in [0, 0.1) is 0 Å². The Morgan fingerprint density at radius 1 is 0.250 bits per heavy atom. The van der Waals surface area contributed by atoms with Gasteiger partial charge in [-0.15, -0.1) is 0 Å². The van der Waals surface area contributed by atoms with Crippen molar-refractivity contribution in [3.8, 4) is 0 Å². The summed E-state index contributed by atoms with van der Waals surface area (Å²) in [4.78, 5) is 0. The maximum absolute atomic E-state index is 9.75. The van der Waals surface area contributed by atoms with E-state index in [-0.39, 0.29) is 65.8 Å². The molecule has 0 bridgehead atoms. The van der Waals surface area contributed by atoms with E-state index in [4.69, 9.17) is 0 Å². The zero-order valence-electron chi connectivity index (χ0n) is 13.0. The van der Waals surface area contributed by atoms with Crippen LogP contribution in [0.2, 0.25) is 0 Å². The molecule has 0 spiro atoms. The van der Waals surface area contributed by atoms with Gasteiger partial charge in [-0.2, -0.15) is 0 Å². The van der Waals surface area contributed by atoms with Gasteiger partial charge in [-0.05, 0) is 0 Å². The molecule has 28 heavy (non-hydrogen) atoms. The molecule has 0 amide bonds. The molecular formula is AlB5F20LiNa. The smallest absolute Gasteiger partial charge is 0.418 e. The van der Waals surface area contributed by atoms with Crippen LogP contribution in [0.25, 0.3) is 0 Å². The molecule has 0 N–H and O–H groups in total. The van der Waals surface area contributed by atoms with Crippen LogP contribution in [-0.2, 0) is 0 Å². The standard InChI is InChI=1S/Al.5BF4.Li.Na/c;5*2-1(3,4)5;;/q+3;5*-1;2*+1. The van der Waals surface area contributed by atoms with Gasteiger partial charge >= 0.3 is 102 Å². The van der Waals surface area contributed by atoms with Crippen molar-refractivity contribution in [2.45, 2.75) is 0 Å². The van der Waals surface area contributed by atoms with E-state index >= 15 is 0 Å². The van der Waals surface area contributed by atoms with Gasteiger partial charge in [0.15, 0.2) is 0 Å². The Kier molecular flexibility index (Phi) is 39.2. The molecule has 0 rings (SSSR count). The molecule has 0 aromatic carbocycles. The van der Waals surface area contributed by atoms with Gasteiger partial charge in [0.1, 0.15) is 0 Å². The summed E-state index contributed by atoms with van der Waals surface area (Å²) in [5.74, 6) is 0. The number of rotatable bonds is 0. The van der Waals surface area contributed by atoms with Gasteiger partial charge in [0.05, 0.1) is 0 Å². The maximum atomic E-state index is 9.75. The van der Waals surface area contributed by atoms with E-state index in [1.54, 1.807) is 0 Å². The first-order valence-electron chi connectivity index (χ1n) is 4.36. The molecule has 0 aliphatic rings. The minimum Gasteiger partial charge on any atom is -0.418 e. The molecule has 0 unspecified atom stereocenters. The van der Waals surface area contributed by atoms with E-state index in [1.165, 1.54) is 0 Å². The minimum absolute atomic E-state index is 0. The van der Waals surface area contributed by atoms with Crippen LogP contribution in [0.5, 0.6) is 0 Å².